The molecule has 0 radical (unpaired) electrons. The molecule has 1 aromatic heterocycles. The van der Waals surface area contributed by atoms with Gasteiger partial charge in [0.2, 0.25) is 0 Å². The quantitative estimate of drug-likeness (QED) is 0.846. The summed E-state index contributed by atoms with van der Waals surface area (Å²) in [5.74, 6) is -0.545. The van der Waals surface area contributed by atoms with E-state index in [0.29, 0.717) is 10.9 Å². The zero-order valence-electron chi connectivity index (χ0n) is 10.4. The van der Waals surface area contributed by atoms with Gasteiger partial charge in [-0.05, 0) is 30.0 Å². The summed E-state index contributed by atoms with van der Waals surface area (Å²) in [6, 6.07) is 4.56. The predicted molar refractivity (Wildman–Crippen MR) is 71.3 cm³/mol. The SMILES string of the molecule is CCc1ccc2c(=O)cc(O)c(=O)[nH]c2c1CC. The van der Waals surface area contributed by atoms with Crippen LogP contribution < -0.4 is 11.0 Å². The summed E-state index contributed by atoms with van der Waals surface area (Å²) in [5, 5.41) is 9.85. The lowest BCUT2D eigenvalue weighted by Gasteiger charge is -2.07. The molecule has 0 amide bonds. The number of nitrogens with one attached hydrogen (secondary N) is 1. The first-order valence-electron chi connectivity index (χ1n) is 5.99. The van der Waals surface area contributed by atoms with Crippen LogP contribution in [0, 0.1) is 0 Å². The van der Waals surface area contributed by atoms with Crippen molar-refractivity contribution in [3.63, 3.8) is 0 Å². The molecule has 0 aliphatic rings. The van der Waals surface area contributed by atoms with Crippen molar-refractivity contribution in [2.45, 2.75) is 26.7 Å². The fourth-order valence-corrected chi connectivity index (χ4v) is 2.22. The second-order valence-electron chi connectivity index (χ2n) is 4.18. The van der Waals surface area contributed by atoms with Crippen LogP contribution in [0.2, 0.25) is 0 Å². The minimum Gasteiger partial charge on any atom is -0.503 e. The van der Waals surface area contributed by atoms with Crippen molar-refractivity contribution in [1.82, 2.24) is 4.98 Å². The molecule has 0 spiro atoms. The lowest BCUT2D eigenvalue weighted by molar-refractivity contribution is 0.468. The van der Waals surface area contributed by atoms with Crippen molar-refractivity contribution in [2.24, 2.45) is 0 Å². The van der Waals surface area contributed by atoms with Gasteiger partial charge in [-0.2, -0.15) is 0 Å². The van der Waals surface area contributed by atoms with E-state index in [1.165, 1.54) is 0 Å². The first-order valence-corrected chi connectivity index (χ1v) is 5.99. The maximum Gasteiger partial charge on any atom is 0.290 e. The van der Waals surface area contributed by atoms with E-state index in [1.807, 2.05) is 19.9 Å². The molecular formula is C14H15NO3. The third-order valence-electron chi connectivity index (χ3n) is 3.15. The van der Waals surface area contributed by atoms with Crippen LogP contribution in [0.4, 0.5) is 0 Å². The van der Waals surface area contributed by atoms with Crippen LogP contribution in [0.5, 0.6) is 5.75 Å². The smallest absolute Gasteiger partial charge is 0.290 e. The van der Waals surface area contributed by atoms with E-state index in [-0.39, 0.29) is 5.43 Å². The van der Waals surface area contributed by atoms with Crippen molar-refractivity contribution < 1.29 is 5.11 Å². The molecule has 2 rings (SSSR count). The number of hydrogen-bond acceptors (Lipinski definition) is 3. The Labute approximate surface area is 104 Å². The molecule has 0 saturated carbocycles. The Hall–Kier alpha value is -2.10. The van der Waals surface area contributed by atoms with E-state index in [9.17, 15) is 14.7 Å². The van der Waals surface area contributed by atoms with Crippen LogP contribution in [0.25, 0.3) is 10.9 Å². The fourth-order valence-electron chi connectivity index (χ4n) is 2.22. The van der Waals surface area contributed by atoms with Crippen LogP contribution >= 0.6 is 0 Å². The van der Waals surface area contributed by atoms with Gasteiger partial charge in [-0.1, -0.05) is 19.9 Å². The second kappa shape index (κ2) is 4.64. The molecule has 0 unspecified atom stereocenters. The van der Waals surface area contributed by atoms with Gasteiger partial charge in [0.25, 0.3) is 5.56 Å². The Morgan fingerprint density at radius 2 is 1.89 bits per heavy atom. The van der Waals surface area contributed by atoms with E-state index in [1.54, 1.807) is 6.07 Å². The van der Waals surface area contributed by atoms with Gasteiger partial charge in [-0.15, -0.1) is 0 Å². The zero-order valence-corrected chi connectivity index (χ0v) is 10.4. The number of H-pyrrole nitrogens is 1. The Bertz CT molecular complexity index is 716. The summed E-state index contributed by atoms with van der Waals surface area (Å²) in [5.41, 5.74) is 1.61. The van der Waals surface area contributed by atoms with Crippen molar-refractivity contribution in [3.05, 3.63) is 49.9 Å². The standard InChI is InChI=1S/C14H15NO3/c1-3-8-5-6-10-11(16)7-12(17)14(18)15-13(10)9(8)4-2/h5-7,17H,3-4H2,1-2H3,(H,15,18). The molecular weight excluding hydrogens is 230 g/mol. The number of aromatic nitrogens is 1. The first-order chi connectivity index (χ1) is 8.58. The molecule has 2 N–H and O–H groups in total. The molecule has 0 atom stereocenters. The van der Waals surface area contributed by atoms with Crippen molar-refractivity contribution in [3.8, 4) is 5.75 Å². The molecule has 94 valence electrons. The van der Waals surface area contributed by atoms with E-state index in [0.717, 1.165) is 30.0 Å². The molecule has 0 aliphatic heterocycles. The largest absolute Gasteiger partial charge is 0.503 e. The van der Waals surface area contributed by atoms with Gasteiger partial charge in [0.1, 0.15) is 0 Å². The molecule has 0 bridgehead atoms. The Morgan fingerprint density at radius 1 is 1.17 bits per heavy atom. The maximum atomic E-state index is 11.9. The molecule has 0 saturated heterocycles. The van der Waals surface area contributed by atoms with Gasteiger partial charge in [0.15, 0.2) is 11.2 Å². The lowest BCUT2D eigenvalue weighted by atomic mass is 9.99. The van der Waals surface area contributed by atoms with Gasteiger partial charge in [-0.3, -0.25) is 9.59 Å². The molecule has 0 aliphatic carbocycles. The predicted octanol–water partition coefficient (Wildman–Crippen LogP) is 1.72. The average Bonchev–Trinajstić information content (AvgIpc) is 2.46. The minimum atomic E-state index is -0.634. The Kier molecular flexibility index (Phi) is 3.19. The summed E-state index contributed by atoms with van der Waals surface area (Å²) in [6.45, 7) is 4.00. The topological polar surface area (TPSA) is 70.2 Å². The molecule has 4 heteroatoms. The fraction of sp³-hybridized carbons (Fsp3) is 0.286. The second-order valence-corrected chi connectivity index (χ2v) is 4.18. The third kappa shape index (κ3) is 1.90. The summed E-state index contributed by atoms with van der Waals surface area (Å²) < 4.78 is 0. The van der Waals surface area contributed by atoms with E-state index < -0.39 is 11.3 Å². The number of rotatable bonds is 2. The van der Waals surface area contributed by atoms with Gasteiger partial charge >= 0.3 is 0 Å². The van der Waals surface area contributed by atoms with Crippen molar-refractivity contribution in [2.75, 3.05) is 0 Å². The molecule has 1 heterocycles. The number of benzene rings is 1. The van der Waals surface area contributed by atoms with Crippen molar-refractivity contribution >= 4 is 10.9 Å². The zero-order chi connectivity index (χ0) is 13.3. The Morgan fingerprint density at radius 3 is 2.50 bits per heavy atom. The van der Waals surface area contributed by atoms with Crippen LogP contribution in [0.3, 0.4) is 0 Å². The third-order valence-corrected chi connectivity index (χ3v) is 3.15. The summed E-state index contributed by atoms with van der Waals surface area (Å²) >= 11 is 0. The van der Waals surface area contributed by atoms with Gasteiger partial charge < -0.3 is 10.1 Å². The van der Waals surface area contributed by atoms with Gasteiger partial charge in [0, 0.05) is 11.5 Å². The van der Waals surface area contributed by atoms with Crippen molar-refractivity contribution in [1.29, 1.82) is 0 Å². The summed E-state index contributed by atoms with van der Waals surface area (Å²) in [7, 11) is 0. The number of aromatic hydroxyl groups is 1. The van der Waals surface area contributed by atoms with E-state index in [2.05, 4.69) is 4.98 Å². The molecule has 4 nitrogen and oxygen atoms in total. The summed E-state index contributed by atoms with van der Waals surface area (Å²) in [6.07, 6.45) is 1.56. The highest BCUT2D eigenvalue weighted by Gasteiger charge is 2.09. The van der Waals surface area contributed by atoms with E-state index in [4.69, 9.17) is 0 Å². The number of fused-ring (bicyclic) bond motifs is 1. The maximum absolute atomic E-state index is 11.9. The molecule has 18 heavy (non-hydrogen) atoms. The monoisotopic (exact) mass is 245 g/mol. The normalized spacial score (nSPS) is 10.8. The Balaban J connectivity index is 3.07. The van der Waals surface area contributed by atoms with Gasteiger partial charge in [-0.25, -0.2) is 0 Å². The molecule has 0 fully saturated rings. The lowest BCUT2D eigenvalue weighted by Crippen LogP contribution is -2.03. The highest BCUT2D eigenvalue weighted by atomic mass is 16.3. The number of hydrogen-bond donors (Lipinski definition) is 2. The summed E-state index contributed by atoms with van der Waals surface area (Å²) in [4.78, 5) is 26.1. The highest BCUT2D eigenvalue weighted by Crippen LogP contribution is 2.19. The highest BCUT2D eigenvalue weighted by molar-refractivity contribution is 5.82. The van der Waals surface area contributed by atoms with Crippen LogP contribution in [-0.4, -0.2) is 10.1 Å². The van der Waals surface area contributed by atoms with Gasteiger partial charge in [0.05, 0.1) is 5.52 Å². The molecule has 1 aromatic carbocycles. The minimum absolute atomic E-state index is 0.349. The van der Waals surface area contributed by atoms with Crippen LogP contribution in [0.1, 0.15) is 25.0 Å². The van der Waals surface area contributed by atoms with Crippen LogP contribution in [0.15, 0.2) is 27.8 Å². The first kappa shape index (κ1) is 12.4. The number of aromatic amines is 1. The van der Waals surface area contributed by atoms with E-state index >= 15 is 0 Å². The van der Waals surface area contributed by atoms with Crippen LogP contribution in [-0.2, 0) is 12.8 Å². The molecule has 2 aromatic rings. The average molecular weight is 245 g/mol. The number of aryl methyl sites for hydroxylation is 2.